The van der Waals surface area contributed by atoms with Gasteiger partial charge in [-0.3, -0.25) is 4.84 Å². The highest BCUT2D eigenvalue weighted by atomic mass is 19.1. The maximum atomic E-state index is 13.0. The standard InChI is InChI=1S/C9H10FNO3/c1-13-9(12)6-2-3-8(10)7(4-6)5-14-11/h2-4H,5,11H2,1H3. The van der Waals surface area contributed by atoms with E-state index < -0.39 is 11.8 Å². The first kappa shape index (κ1) is 10.6. The second-order valence-electron chi connectivity index (χ2n) is 2.61. The van der Waals surface area contributed by atoms with E-state index in [4.69, 9.17) is 5.90 Å². The van der Waals surface area contributed by atoms with Crippen molar-refractivity contribution in [3.8, 4) is 0 Å². The molecule has 0 heterocycles. The predicted molar refractivity (Wildman–Crippen MR) is 46.7 cm³/mol. The Hall–Kier alpha value is -1.46. The minimum Gasteiger partial charge on any atom is -0.465 e. The van der Waals surface area contributed by atoms with E-state index in [2.05, 4.69) is 9.57 Å². The SMILES string of the molecule is COC(=O)c1ccc(F)c(CON)c1. The summed E-state index contributed by atoms with van der Waals surface area (Å²) in [6.07, 6.45) is 0. The molecule has 5 heteroatoms. The van der Waals surface area contributed by atoms with Crippen molar-refractivity contribution in [1.29, 1.82) is 0 Å². The molecule has 1 rings (SSSR count). The van der Waals surface area contributed by atoms with Gasteiger partial charge in [0, 0.05) is 5.56 Å². The largest absolute Gasteiger partial charge is 0.465 e. The Balaban J connectivity index is 2.99. The summed E-state index contributed by atoms with van der Waals surface area (Å²) in [4.78, 5) is 15.3. The molecule has 0 unspecified atom stereocenters. The van der Waals surface area contributed by atoms with Crippen LogP contribution in [0.1, 0.15) is 15.9 Å². The van der Waals surface area contributed by atoms with Gasteiger partial charge in [0.15, 0.2) is 0 Å². The Labute approximate surface area is 80.4 Å². The Kier molecular flexibility index (Phi) is 3.55. The Morgan fingerprint density at radius 2 is 2.29 bits per heavy atom. The van der Waals surface area contributed by atoms with E-state index in [1.54, 1.807) is 0 Å². The summed E-state index contributed by atoms with van der Waals surface area (Å²) in [5.74, 6) is 3.81. The van der Waals surface area contributed by atoms with Crippen molar-refractivity contribution in [2.24, 2.45) is 5.90 Å². The van der Waals surface area contributed by atoms with Crippen LogP contribution in [0.5, 0.6) is 0 Å². The number of halogens is 1. The zero-order valence-electron chi connectivity index (χ0n) is 7.62. The fourth-order valence-corrected chi connectivity index (χ4v) is 1.02. The molecule has 0 aromatic heterocycles. The first-order chi connectivity index (χ1) is 6.69. The summed E-state index contributed by atoms with van der Waals surface area (Å²) in [5, 5.41) is 0. The van der Waals surface area contributed by atoms with Crippen molar-refractivity contribution in [3.05, 3.63) is 35.1 Å². The molecule has 0 spiro atoms. The molecule has 0 amide bonds. The van der Waals surface area contributed by atoms with Crippen molar-refractivity contribution in [2.75, 3.05) is 7.11 Å². The molecule has 1 aromatic carbocycles. The molecule has 1 aromatic rings. The van der Waals surface area contributed by atoms with Crippen LogP contribution in [0, 0.1) is 5.82 Å². The molecule has 0 aliphatic heterocycles. The third-order valence-electron chi connectivity index (χ3n) is 1.71. The van der Waals surface area contributed by atoms with E-state index in [0.717, 1.165) is 0 Å². The lowest BCUT2D eigenvalue weighted by molar-refractivity contribution is 0.0600. The molecular weight excluding hydrogens is 189 g/mol. The molecule has 2 N–H and O–H groups in total. The Morgan fingerprint density at radius 3 is 2.86 bits per heavy atom. The van der Waals surface area contributed by atoms with Gasteiger partial charge in [0.05, 0.1) is 19.3 Å². The van der Waals surface area contributed by atoms with E-state index in [1.807, 2.05) is 0 Å². The van der Waals surface area contributed by atoms with Crippen LogP contribution in [-0.2, 0) is 16.2 Å². The summed E-state index contributed by atoms with van der Waals surface area (Å²) in [6, 6.07) is 3.84. The normalized spacial score (nSPS) is 9.93. The second-order valence-corrected chi connectivity index (χ2v) is 2.61. The van der Waals surface area contributed by atoms with Gasteiger partial charge in [0.1, 0.15) is 5.82 Å². The van der Waals surface area contributed by atoms with Crippen molar-refractivity contribution < 1.29 is 18.8 Å². The Bertz CT molecular complexity index is 341. The molecule has 0 aliphatic carbocycles. The number of ether oxygens (including phenoxy) is 1. The van der Waals surface area contributed by atoms with E-state index in [9.17, 15) is 9.18 Å². The number of carbonyl (C=O) groups excluding carboxylic acids is 1. The fourth-order valence-electron chi connectivity index (χ4n) is 1.02. The van der Waals surface area contributed by atoms with Crippen molar-refractivity contribution >= 4 is 5.97 Å². The summed E-state index contributed by atoms with van der Waals surface area (Å²) in [6.45, 7) is -0.0866. The van der Waals surface area contributed by atoms with Gasteiger partial charge in [0.2, 0.25) is 0 Å². The predicted octanol–water partition coefficient (Wildman–Crippen LogP) is 1.00. The van der Waals surface area contributed by atoms with Crippen LogP contribution in [-0.4, -0.2) is 13.1 Å². The minimum absolute atomic E-state index is 0.0866. The molecule has 0 bridgehead atoms. The number of benzene rings is 1. The van der Waals surface area contributed by atoms with Crippen LogP contribution in [0.25, 0.3) is 0 Å². The van der Waals surface area contributed by atoms with Crippen LogP contribution in [0.4, 0.5) is 4.39 Å². The smallest absolute Gasteiger partial charge is 0.337 e. The molecule has 0 saturated carbocycles. The van der Waals surface area contributed by atoms with Gasteiger partial charge in [-0.2, -0.15) is 0 Å². The van der Waals surface area contributed by atoms with Gasteiger partial charge in [0.25, 0.3) is 0 Å². The van der Waals surface area contributed by atoms with Gasteiger partial charge < -0.3 is 4.74 Å². The highest BCUT2D eigenvalue weighted by molar-refractivity contribution is 5.89. The molecule has 14 heavy (non-hydrogen) atoms. The lowest BCUT2D eigenvalue weighted by atomic mass is 10.1. The molecule has 0 fully saturated rings. The second kappa shape index (κ2) is 4.69. The monoisotopic (exact) mass is 199 g/mol. The topological polar surface area (TPSA) is 61.5 Å². The van der Waals surface area contributed by atoms with E-state index in [-0.39, 0.29) is 17.7 Å². The van der Waals surface area contributed by atoms with E-state index >= 15 is 0 Å². The fraction of sp³-hybridized carbons (Fsp3) is 0.222. The molecule has 4 nitrogen and oxygen atoms in total. The van der Waals surface area contributed by atoms with E-state index in [1.165, 1.54) is 25.3 Å². The maximum Gasteiger partial charge on any atom is 0.337 e. The van der Waals surface area contributed by atoms with Gasteiger partial charge in [-0.15, -0.1) is 0 Å². The molecule has 0 aliphatic rings. The number of hydrogen-bond donors (Lipinski definition) is 1. The van der Waals surface area contributed by atoms with Crippen LogP contribution in [0.2, 0.25) is 0 Å². The number of carbonyl (C=O) groups is 1. The van der Waals surface area contributed by atoms with Crippen molar-refractivity contribution in [2.45, 2.75) is 6.61 Å². The lowest BCUT2D eigenvalue weighted by Crippen LogP contribution is -2.05. The van der Waals surface area contributed by atoms with Crippen molar-refractivity contribution in [1.82, 2.24) is 0 Å². The maximum absolute atomic E-state index is 13.0. The summed E-state index contributed by atoms with van der Waals surface area (Å²) < 4.78 is 17.5. The molecule has 0 radical (unpaired) electrons. The minimum atomic E-state index is -0.525. The summed E-state index contributed by atoms with van der Waals surface area (Å²) in [7, 11) is 1.25. The highest BCUT2D eigenvalue weighted by Crippen LogP contribution is 2.12. The highest BCUT2D eigenvalue weighted by Gasteiger charge is 2.09. The first-order valence-corrected chi connectivity index (χ1v) is 3.87. The van der Waals surface area contributed by atoms with Crippen molar-refractivity contribution in [3.63, 3.8) is 0 Å². The van der Waals surface area contributed by atoms with Gasteiger partial charge >= 0.3 is 5.97 Å². The molecule has 0 atom stereocenters. The van der Waals surface area contributed by atoms with Gasteiger partial charge in [-0.25, -0.2) is 15.1 Å². The van der Waals surface area contributed by atoms with Crippen LogP contribution in [0.15, 0.2) is 18.2 Å². The zero-order chi connectivity index (χ0) is 10.6. The van der Waals surface area contributed by atoms with Gasteiger partial charge in [-0.05, 0) is 18.2 Å². The van der Waals surface area contributed by atoms with Crippen LogP contribution < -0.4 is 5.90 Å². The van der Waals surface area contributed by atoms with Crippen LogP contribution >= 0.6 is 0 Å². The first-order valence-electron chi connectivity index (χ1n) is 3.87. The van der Waals surface area contributed by atoms with Gasteiger partial charge in [-0.1, -0.05) is 0 Å². The quantitative estimate of drug-likeness (QED) is 0.582. The lowest BCUT2D eigenvalue weighted by Gasteiger charge is -2.03. The summed E-state index contributed by atoms with van der Waals surface area (Å²) >= 11 is 0. The molecule has 76 valence electrons. The number of nitrogens with two attached hydrogens (primary N) is 1. The number of hydrogen-bond acceptors (Lipinski definition) is 4. The van der Waals surface area contributed by atoms with E-state index in [0.29, 0.717) is 0 Å². The third kappa shape index (κ3) is 2.27. The number of esters is 1. The van der Waals surface area contributed by atoms with Crippen LogP contribution in [0.3, 0.4) is 0 Å². The average Bonchev–Trinajstić information content (AvgIpc) is 2.20. The Morgan fingerprint density at radius 1 is 1.57 bits per heavy atom. The molecule has 0 saturated heterocycles. The molecular formula is C9H10FNO3. The third-order valence-corrected chi connectivity index (χ3v) is 1.71. The average molecular weight is 199 g/mol. The zero-order valence-corrected chi connectivity index (χ0v) is 7.62. The summed E-state index contributed by atoms with van der Waals surface area (Å²) in [5.41, 5.74) is 0.483. The number of rotatable bonds is 3. The number of methoxy groups -OCH3 is 1.